The fourth-order valence-corrected chi connectivity index (χ4v) is 15.0. The molecule has 0 saturated heterocycles. The third-order valence-corrected chi connectivity index (χ3v) is 16.5. The second-order valence-corrected chi connectivity index (χ2v) is 16.8. The van der Waals surface area contributed by atoms with Gasteiger partial charge in [0, 0.05) is 0 Å². The van der Waals surface area contributed by atoms with Crippen molar-refractivity contribution in [2.45, 2.75) is 4.90 Å². The Balaban J connectivity index is 1.61. The summed E-state index contributed by atoms with van der Waals surface area (Å²) in [4.78, 5) is 1.41. The van der Waals surface area contributed by atoms with Crippen LogP contribution in [-0.4, -0.2) is 13.5 Å². The van der Waals surface area contributed by atoms with Crippen molar-refractivity contribution >= 4 is 56.1 Å². The van der Waals surface area contributed by atoms with E-state index in [0.29, 0.717) is 0 Å². The molecule has 0 aliphatic heterocycles. The summed E-state index contributed by atoms with van der Waals surface area (Å²) in [5.41, 5.74) is 0. The Morgan fingerprint density at radius 3 is 1.30 bits per heavy atom. The molecule has 0 spiro atoms. The first-order valence-electron chi connectivity index (χ1n) is 11.0. The molecule has 0 fully saturated rings. The average molecular weight is 522 g/mol. The Bertz CT molecular complexity index is 1200. The van der Waals surface area contributed by atoms with E-state index in [1.54, 1.807) is 0 Å². The quantitative estimate of drug-likeness (QED) is 0.205. The maximum absolute atomic E-state index is 2.34. The molecule has 0 heterocycles. The second kappa shape index (κ2) is 11.0. The van der Waals surface area contributed by atoms with E-state index in [4.69, 9.17) is 0 Å². The zero-order chi connectivity index (χ0) is 22.3. The zero-order valence-corrected chi connectivity index (χ0v) is 21.7. The van der Waals surface area contributed by atoms with Crippen LogP contribution in [0.4, 0.5) is 0 Å². The van der Waals surface area contributed by atoms with Crippen LogP contribution in [0.5, 0.6) is 0 Å². The number of benzene rings is 5. The fraction of sp³-hybridized carbons (Fsp3) is 0. The van der Waals surface area contributed by atoms with Crippen molar-refractivity contribution in [1.29, 1.82) is 0 Å². The van der Waals surface area contributed by atoms with E-state index in [2.05, 4.69) is 156 Å². The second-order valence-electron chi connectivity index (χ2n) is 7.53. The molecule has 0 bridgehead atoms. The molecule has 5 rings (SSSR count). The van der Waals surface area contributed by atoms with Gasteiger partial charge in [0.15, 0.2) is 0 Å². The van der Waals surface area contributed by atoms with E-state index < -0.39 is 21.4 Å². The van der Waals surface area contributed by atoms with Crippen molar-refractivity contribution in [3.63, 3.8) is 0 Å². The minimum absolute atomic E-state index is 0.633. The Labute approximate surface area is 205 Å². The summed E-state index contributed by atoms with van der Waals surface area (Å²) in [6.45, 7) is 0. The van der Waals surface area contributed by atoms with Crippen LogP contribution >= 0.6 is 17.9 Å². The van der Waals surface area contributed by atoms with E-state index >= 15 is 0 Å². The molecule has 0 saturated carbocycles. The van der Waals surface area contributed by atoms with Crippen LogP contribution < -0.4 is 24.6 Å². The zero-order valence-electron chi connectivity index (χ0n) is 18.2. The van der Waals surface area contributed by atoms with Gasteiger partial charge in [0.25, 0.3) is 0 Å². The summed E-state index contributed by atoms with van der Waals surface area (Å²) in [5.74, 6) is 0. The van der Waals surface area contributed by atoms with Gasteiger partial charge in [-0.15, -0.1) is 0 Å². The van der Waals surface area contributed by atoms with E-state index in [-0.39, 0.29) is 0 Å². The average Bonchev–Trinajstić information content (AvgIpc) is 2.90. The molecule has 0 unspecified atom stereocenters. The van der Waals surface area contributed by atoms with Gasteiger partial charge < -0.3 is 0 Å². The number of rotatable bonds is 7. The Kier molecular flexibility index (Phi) is 7.44. The molecule has 0 aliphatic carbocycles. The van der Waals surface area contributed by atoms with Crippen LogP contribution in [0, 0.1) is 0 Å². The molecule has 0 aromatic heterocycles. The predicted octanol–water partition coefficient (Wildman–Crippen LogP) is 5.34. The fourth-order valence-electron chi connectivity index (χ4n) is 3.78. The monoisotopic (exact) mass is 522 g/mol. The van der Waals surface area contributed by atoms with Crippen LogP contribution in [-0.2, 0) is 0 Å². The molecule has 5 aromatic rings. The first kappa shape index (κ1) is 22.2. The third kappa shape index (κ3) is 5.34. The van der Waals surface area contributed by atoms with Crippen LogP contribution in [0.2, 0.25) is 0 Å². The predicted molar refractivity (Wildman–Crippen MR) is 149 cm³/mol. The van der Waals surface area contributed by atoms with Gasteiger partial charge in [-0.25, -0.2) is 0 Å². The van der Waals surface area contributed by atoms with Gasteiger partial charge in [-0.2, -0.15) is 0 Å². The molecule has 0 atom stereocenters. The first-order valence-corrected chi connectivity index (χ1v) is 17.3. The molecule has 0 nitrogen and oxygen atoms in total. The summed E-state index contributed by atoms with van der Waals surface area (Å²) >= 11 is -1.59. The van der Waals surface area contributed by atoms with E-state index in [1.165, 1.54) is 29.5 Å². The van der Waals surface area contributed by atoms with Crippen LogP contribution in [0.3, 0.4) is 0 Å². The number of hydrogen-bond acceptors (Lipinski definition) is 1. The summed E-state index contributed by atoms with van der Waals surface area (Å²) in [7, 11) is 1.47. The summed E-state index contributed by atoms with van der Waals surface area (Å²) in [6, 6.07) is 53.2. The van der Waals surface area contributed by atoms with Gasteiger partial charge in [-0.05, 0) is 0 Å². The van der Waals surface area contributed by atoms with Crippen molar-refractivity contribution in [3.05, 3.63) is 146 Å². The SMILES string of the molecule is c1ccc(P(c2ccccc2)c2ccccc2S[As](c2ccccc2)c2ccccc2)cc1. The molecule has 0 amide bonds. The van der Waals surface area contributed by atoms with Gasteiger partial charge >= 0.3 is 207 Å². The van der Waals surface area contributed by atoms with E-state index in [1.807, 2.05) is 0 Å². The normalized spacial score (nSPS) is 11.1. The molecule has 33 heavy (non-hydrogen) atoms. The molecule has 0 radical (unpaired) electrons. The Morgan fingerprint density at radius 1 is 0.424 bits per heavy atom. The molecular weight excluding hydrogens is 498 g/mol. The van der Waals surface area contributed by atoms with E-state index in [9.17, 15) is 0 Å². The van der Waals surface area contributed by atoms with Gasteiger partial charge in [-0.1, -0.05) is 0 Å². The van der Waals surface area contributed by atoms with Crippen molar-refractivity contribution in [3.8, 4) is 0 Å². The molecular formula is C30H24AsPS. The summed E-state index contributed by atoms with van der Waals surface area (Å²) in [6.07, 6.45) is 0. The van der Waals surface area contributed by atoms with Crippen LogP contribution in [0.1, 0.15) is 0 Å². The van der Waals surface area contributed by atoms with Crippen molar-refractivity contribution in [2.24, 2.45) is 0 Å². The van der Waals surface area contributed by atoms with Gasteiger partial charge in [0.05, 0.1) is 0 Å². The Hall–Kier alpha value is -2.56. The van der Waals surface area contributed by atoms with Gasteiger partial charge in [0.2, 0.25) is 0 Å². The first-order chi connectivity index (χ1) is 16.4. The van der Waals surface area contributed by atoms with Gasteiger partial charge in [0.1, 0.15) is 0 Å². The topological polar surface area (TPSA) is 0 Å². The van der Waals surface area contributed by atoms with Gasteiger partial charge in [-0.3, -0.25) is 0 Å². The molecule has 5 aromatic carbocycles. The number of hydrogen-bond donors (Lipinski definition) is 0. The maximum atomic E-state index is 2.34. The van der Waals surface area contributed by atoms with E-state index in [0.717, 1.165) is 0 Å². The van der Waals surface area contributed by atoms with Crippen molar-refractivity contribution in [1.82, 2.24) is 0 Å². The molecule has 3 heteroatoms. The summed E-state index contributed by atoms with van der Waals surface area (Å²) < 4.78 is 2.94. The molecule has 160 valence electrons. The van der Waals surface area contributed by atoms with Crippen LogP contribution in [0.15, 0.2) is 150 Å². The van der Waals surface area contributed by atoms with Crippen molar-refractivity contribution in [2.75, 3.05) is 0 Å². The standard InChI is InChI=1S/C30H24AsPS/c1-5-15-25(16-6-1)31(26-17-7-2-8-18-26)33-30-24-14-13-23-29(30)32(27-19-9-3-10-20-27)28-21-11-4-12-22-28/h1-24H. The van der Waals surface area contributed by atoms with Crippen LogP contribution in [0.25, 0.3) is 0 Å². The summed E-state index contributed by atoms with van der Waals surface area (Å²) in [5, 5.41) is 4.23. The molecule has 0 N–H and O–H groups in total. The van der Waals surface area contributed by atoms with Crippen molar-refractivity contribution < 1.29 is 0 Å². The Morgan fingerprint density at radius 2 is 0.818 bits per heavy atom. The molecule has 0 aliphatic rings. The third-order valence-electron chi connectivity index (χ3n) is 5.31. The minimum atomic E-state index is -1.59.